The van der Waals surface area contributed by atoms with Crippen molar-refractivity contribution in [2.24, 2.45) is 0 Å². The maximum absolute atomic E-state index is 5.79. The molecule has 0 bridgehead atoms. The zero-order valence-corrected chi connectivity index (χ0v) is 15.6. The molecule has 1 aromatic carbocycles. The number of anilines is 2. The highest BCUT2D eigenvalue weighted by Crippen LogP contribution is 2.40. The summed E-state index contributed by atoms with van der Waals surface area (Å²) >= 11 is 0. The minimum atomic E-state index is 0.237. The van der Waals surface area contributed by atoms with Crippen LogP contribution in [0, 0.1) is 0 Å². The lowest BCUT2D eigenvalue weighted by atomic mass is 10.0. The molecule has 0 spiro atoms. The summed E-state index contributed by atoms with van der Waals surface area (Å²) in [4.78, 5) is 24.6. The summed E-state index contributed by atoms with van der Waals surface area (Å²) < 4.78 is 2.17. The molecule has 0 atom stereocenters. The summed E-state index contributed by atoms with van der Waals surface area (Å²) in [5, 5.41) is 0. The quantitative estimate of drug-likeness (QED) is 0.581. The number of imidazole rings is 1. The highest BCUT2D eigenvalue weighted by molar-refractivity contribution is 5.77. The Kier molecular flexibility index (Phi) is 3.40. The third-order valence-corrected chi connectivity index (χ3v) is 5.32. The Morgan fingerprint density at radius 2 is 1.90 bits per heavy atom. The molecule has 6 rings (SSSR count). The molecule has 1 aliphatic carbocycles. The molecule has 142 valence electrons. The Bertz CT molecular complexity index is 1270. The molecule has 0 radical (unpaired) electrons. The third-order valence-electron chi connectivity index (χ3n) is 5.32. The number of fused-ring (bicyclic) bond motifs is 2. The van der Waals surface area contributed by atoms with Gasteiger partial charge in [-0.3, -0.25) is 0 Å². The van der Waals surface area contributed by atoms with Crippen LogP contribution in [-0.4, -0.2) is 29.5 Å². The summed E-state index contributed by atoms with van der Waals surface area (Å²) in [5.41, 5.74) is 10.6. The van der Waals surface area contributed by atoms with E-state index in [-0.39, 0.29) is 5.95 Å². The molecule has 2 N–H and O–H groups in total. The monoisotopic (exact) mass is 382 g/mol. The lowest BCUT2D eigenvalue weighted by Crippen LogP contribution is -2.21. The number of nitrogens with two attached hydrogens (primary N) is 1. The summed E-state index contributed by atoms with van der Waals surface area (Å²) in [6.45, 7) is 0.741. The van der Waals surface area contributed by atoms with Crippen LogP contribution in [0.15, 0.2) is 48.9 Å². The van der Waals surface area contributed by atoms with Crippen molar-refractivity contribution in [3.8, 4) is 11.5 Å². The molecule has 8 heteroatoms. The molecule has 1 saturated carbocycles. The molecule has 1 aliphatic heterocycles. The molecule has 8 nitrogen and oxygen atoms in total. The van der Waals surface area contributed by atoms with Crippen LogP contribution in [0.5, 0.6) is 0 Å². The topological polar surface area (TPSA) is 98.6 Å². The van der Waals surface area contributed by atoms with E-state index in [4.69, 9.17) is 15.7 Å². The molecule has 3 aromatic heterocycles. The number of nitrogens with zero attached hydrogens (tertiary/aromatic N) is 7. The van der Waals surface area contributed by atoms with E-state index in [2.05, 4.69) is 54.8 Å². The van der Waals surface area contributed by atoms with Gasteiger partial charge in [0.2, 0.25) is 11.9 Å². The summed E-state index contributed by atoms with van der Waals surface area (Å²) in [6.07, 6.45) is 9.79. The van der Waals surface area contributed by atoms with E-state index < -0.39 is 0 Å². The number of aromatic nitrogens is 6. The standard InChI is InChI=1S/C21H18N8/c22-20-23-9-7-16(26-20)18-25-17-11-24-21(27-19(17)29(18)15-5-6-15)28-10-8-13-3-1-2-4-14(13)12-28/h1-4,7-11,15H,5-6,12H2,(H2,22,23,26). The number of nitrogen functional groups attached to an aromatic ring is 1. The first-order valence-electron chi connectivity index (χ1n) is 9.63. The normalized spacial score (nSPS) is 15.7. The van der Waals surface area contributed by atoms with E-state index in [0.717, 1.165) is 36.4 Å². The van der Waals surface area contributed by atoms with E-state index in [1.807, 2.05) is 12.3 Å². The van der Waals surface area contributed by atoms with Crippen molar-refractivity contribution in [3.63, 3.8) is 0 Å². The van der Waals surface area contributed by atoms with Crippen LogP contribution in [0.4, 0.5) is 11.9 Å². The van der Waals surface area contributed by atoms with Gasteiger partial charge in [-0.1, -0.05) is 24.3 Å². The summed E-state index contributed by atoms with van der Waals surface area (Å²) in [6, 6.07) is 10.6. The lowest BCUT2D eigenvalue weighted by Gasteiger charge is -2.23. The second-order valence-electron chi connectivity index (χ2n) is 7.36. The predicted octanol–water partition coefficient (Wildman–Crippen LogP) is 3.19. The minimum Gasteiger partial charge on any atom is -0.368 e. The smallest absolute Gasteiger partial charge is 0.231 e. The molecular weight excluding hydrogens is 364 g/mol. The van der Waals surface area contributed by atoms with Gasteiger partial charge in [0.25, 0.3) is 0 Å². The highest BCUT2D eigenvalue weighted by atomic mass is 15.3. The Hall–Kier alpha value is -3.81. The predicted molar refractivity (Wildman–Crippen MR) is 111 cm³/mol. The van der Waals surface area contributed by atoms with Gasteiger partial charge in [0.05, 0.1) is 12.7 Å². The average molecular weight is 382 g/mol. The van der Waals surface area contributed by atoms with E-state index in [0.29, 0.717) is 17.7 Å². The van der Waals surface area contributed by atoms with Gasteiger partial charge >= 0.3 is 0 Å². The Labute approximate surface area is 166 Å². The van der Waals surface area contributed by atoms with Crippen LogP contribution < -0.4 is 10.6 Å². The maximum atomic E-state index is 5.79. The fourth-order valence-electron chi connectivity index (χ4n) is 3.76. The minimum absolute atomic E-state index is 0.237. The van der Waals surface area contributed by atoms with Crippen LogP contribution in [0.2, 0.25) is 0 Å². The van der Waals surface area contributed by atoms with E-state index in [1.165, 1.54) is 11.1 Å². The fraction of sp³-hybridized carbons (Fsp3) is 0.190. The maximum Gasteiger partial charge on any atom is 0.231 e. The third kappa shape index (κ3) is 2.72. The highest BCUT2D eigenvalue weighted by Gasteiger charge is 2.30. The van der Waals surface area contributed by atoms with Crippen molar-refractivity contribution in [2.75, 3.05) is 10.6 Å². The van der Waals surface area contributed by atoms with Crippen LogP contribution in [0.1, 0.15) is 30.0 Å². The van der Waals surface area contributed by atoms with E-state index in [1.54, 1.807) is 12.4 Å². The van der Waals surface area contributed by atoms with E-state index in [9.17, 15) is 0 Å². The van der Waals surface area contributed by atoms with Crippen molar-refractivity contribution in [1.82, 2.24) is 29.5 Å². The first-order valence-corrected chi connectivity index (χ1v) is 9.63. The second kappa shape index (κ2) is 6.10. The number of hydrogen-bond acceptors (Lipinski definition) is 7. The lowest BCUT2D eigenvalue weighted by molar-refractivity contribution is 0.760. The number of hydrogen-bond donors (Lipinski definition) is 1. The van der Waals surface area contributed by atoms with Crippen molar-refractivity contribution < 1.29 is 0 Å². The van der Waals surface area contributed by atoms with E-state index >= 15 is 0 Å². The molecule has 0 saturated heterocycles. The number of benzene rings is 1. The van der Waals surface area contributed by atoms with Gasteiger partial charge in [0.15, 0.2) is 11.5 Å². The van der Waals surface area contributed by atoms with Crippen LogP contribution >= 0.6 is 0 Å². The number of rotatable bonds is 3. The molecule has 4 heterocycles. The zero-order chi connectivity index (χ0) is 19.4. The van der Waals surface area contributed by atoms with Crippen LogP contribution in [0.3, 0.4) is 0 Å². The Morgan fingerprint density at radius 1 is 1.00 bits per heavy atom. The molecule has 1 fully saturated rings. The van der Waals surface area contributed by atoms with Crippen molar-refractivity contribution in [3.05, 3.63) is 60.1 Å². The van der Waals surface area contributed by atoms with Gasteiger partial charge < -0.3 is 15.2 Å². The Balaban J connectivity index is 1.46. The van der Waals surface area contributed by atoms with Crippen molar-refractivity contribution >= 4 is 29.1 Å². The van der Waals surface area contributed by atoms with Crippen LogP contribution in [0.25, 0.3) is 28.8 Å². The zero-order valence-electron chi connectivity index (χ0n) is 15.6. The summed E-state index contributed by atoms with van der Waals surface area (Å²) in [5.74, 6) is 1.67. The largest absolute Gasteiger partial charge is 0.368 e. The molecular formula is C21H18N8. The second-order valence-corrected chi connectivity index (χ2v) is 7.36. The fourth-order valence-corrected chi connectivity index (χ4v) is 3.76. The Morgan fingerprint density at radius 3 is 2.76 bits per heavy atom. The SMILES string of the molecule is Nc1nccc(-c2nc3cnc(N4C=Cc5ccccc5C4)nc3n2C2CC2)n1. The van der Waals surface area contributed by atoms with Gasteiger partial charge in [-0.2, -0.15) is 4.98 Å². The van der Waals surface area contributed by atoms with Gasteiger partial charge in [0, 0.05) is 18.4 Å². The average Bonchev–Trinajstić information content (AvgIpc) is 3.52. The van der Waals surface area contributed by atoms with Crippen molar-refractivity contribution in [2.45, 2.75) is 25.4 Å². The van der Waals surface area contributed by atoms with Gasteiger partial charge in [-0.15, -0.1) is 0 Å². The molecule has 0 unspecified atom stereocenters. The van der Waals surface area contributed by atoms with Gasteiger partial charge in [0.1, 0.15) is 11.2 Å². The molecule has 4 aromatic rings. The van der Waals surface area contributed by atoms with Gasteiger partial charge in [-0.05, 0) is 36.1 Å². The first-order chi connectivity index (χ1) is 14.3. The first kappa shape index (κ1) is 16.2. The van der Waals surface area contributed by atoms with Crippen LogP contribution in [-0.2, 0) is 6.54 Å². The molecule has 29 heavy (non-hydrogen) atoms. The van der Waals surface area contributed by atoms with Gasteiger partial charge in [-0.25, -0.2) is 19.9 Å². The molecule has 0 amide bonds. The summed E-state index contributed by atoms with van der Waals surface area (Å²) in [7, 11) is 0. The van der Waals surface area contributed by atoms with Crippen molar-refractivity contribution in [1.29, 1.82) is 0 Å². The molecule has 2 aliphatic rings.